The molecule has 1 N–H and O–H groups in total. The summed E-state index contributed by atoms with van der Waals surface area (Å²) in [5.74, 6) is 1.40. The SMILES string of the molecule is CNc1cccc(COc2ccc(Cl)cc2Cl)n1. The van der Waals surface area contributed by atoms with Gasteiger partial charge in [-0.05, 0) is 30.3 Å². The van der Waals surface area contributed by atoms with Crippen molar-refractivity contribution < 1.29 is 4.74 Å². The van der Waals surface area contributed by atoms with Crippen LogP contribution in [-0.2, 0) is 6.61 Å². The van der Waals surface area contributed by atoms with Crippen molar-refractivity contribution in [2.24, 2.45) is 0 Å². The van der Waals surface area contributed by atoms with Crippen molar-refractivity contribution in [1.29, 1.82) is 0 Å². The molecule has 18 heavy (non-hydrogen) atoms. The Hall–Kier alpha value is -1.45. The van der Waals surface area contributed by atoms with Crippen molar-refractivity contribution in [3.8, 4) is 5.75 Å². The number of ether oxygens (including phenoxy) is 1. The van der Waals surface area contributed by atoms with Gasteiger partial charge < -0.3 is 10.1 Å². The van der Waals surface area contributed by atoms with Crippen LogP contribution in [0.25, 0.3) is 0 Å². The zero-order valence-electron chi connectivity index (χ0n) is 9.78. The van der Waals surface area contributed by atoms with E-state index in [1.165, 1.54) is 0 Å². The van der Waals surface area contributed by atoms with Gasteiger partial charge in [0.2, 0.25) is 0 Å². The quantitative estimate of drug-likeness (QED) is 0.920. The molecule has 0 unspecified atom stereocenters. The lowest BCUT2D eigenvalue weighted by atomic mass is 10.3. The maximum Gasteiger partial charge on any atom is 0.138 e. The third-order valence-corrected chi connectivity index (χ3v) is 2.86. The van der Waals surface area contributed by atoms with Crippen molar-refractivity contribution >= 4 is 29.0 Å². The van der Waals surface area contributed by atoms with E-state index in [-0.39, 0.29) is 0 Å². The second-order valence-corrected chi connectivity index (χ2v) is 4.47. The number of nitrogens with one attached hydrogen (secondary N) is 1. The Morgan fingerprint density at radius 3 is 2.78 bits per heavy atom. The van der Waals surface area contributed by atoms with Gasteiger partial charge in [0.15, 0.2) is 0 Å². The summed E-state index contributed by atoms with van der Waals surface area (Å²) in [6.45, 7) is 0.358. The molecule has 5 heteroatoms. The number of aromatic nitrogens is 1. The monoisotopic (exact) mass is 282 g/mol. The van der Waals surface area contributed by atoms with Crippen LogP contribution in [0.4, 0.5) is 5.82 Å². The number of nitrogens with zero attached hydrogens (tertiary/aromatic N) is 1. The van der Waals surface area contributed by atoms with E-state index in [0.29, 0.717) is 22.4 Å². The van der Waals surface area contributed by atoms with Gasteiger partial charge in [-0.3, -0.25) is 0 Å². The summed E-state index contributed by atoms with van der Waals surface area (Å²) in [5.41, 5.74) is 0.827. The number of hydrogen-bond acceptors (Lipinski definition) is 3. The van der Waals surface area contributed by atoms with Crippen LogP contribution >= 0.6 is 23.2 Å². The van der Waals surface area contributed by atoms with Crippen LogP contribution in [0, 0.1) is 0 Å². The average molecular weight is 283 g/mol. The molecule has 0 bridgehead atoms. The van der Waals surface area contributed by atoms with E-state index in [2.05, 4.69) is 10.3 Å². The summed E-state index contributed by atoms with van der Waals surface area (Å²) < 4.78 is 5.60. The largest absolute Gasteiger partial charge is 0.486 e. The molecule has 1 aromatic heterocycles. The van der Waals surface area contributed by atoms with E-state index in [1.54, 1.807) is 18.2 Å². The lowest BCUT2D eigenvalue weighted by Crippen LogP contribution is -2.01. The number of hydrogen-bond donors (Lipinski definition) is 1. The summed E-state index contributed by atoms with van der Waals surface area (Å²) in [5, 5.41) is 4.05. The second-order valence-electron chi connectivity index (χ2n) is 3.63. The van der Waals surface area contributed by atoms with Gasteiger partial charge in [0.05, 0.1) is 10.7 Å². The van der Waals surface area contributed by atoms with Gasteiger partial charge in [-0.25, -0.2) is 4.98 Å². The van der Waals surface area contributed by atoms with Crippen molar-refractivity contribution in [3.63, 3.8) is 0 Å². The van der Waals surface area contributed by atoms with Gasteiger partial charge in [-0.15, -0.1) is 0 Å². The average Bonchev–Trinajstić information content (AvgIpc) is 2.38. The second kappa shape index (κ2) is 5.94. The first kappa shape index (κ1) is 13.0. The highest BCUT2D eigenvalue weighted by molar-refractivity contribution is 6.35. The van der Waals surface area contributed by atoms with Crippen LogP contribution in [0.2, 0.25) is 10.0 Å². The number of anilines is 1. The molecule has 94 valence electrons. The Balaban J connectivity index is 2.06. The highest BCUT2D eigenvalue weighted by Crippen LogP contribution is 2.28. The fraction of sp³-hybridized carbons (Fsp3) is 0.154. The maximum absolute atomic E-state index is 6.01. The molecular weight excluding hydrogens is 271 g/mol. The van der Waals surface area contributed by atoms with E-state index in [4.69, 9.17) is 27.9 Å². The molecule has 0 aliphatic heterocycles. The number of benzene rings is 1. The minimum atomic E-state index is 0.358. The first-order chi connectivity index (χ1) is 8.69. The Morgan fingerprint density at radius 2 is 2.06 bits per heavy atom. The van der Waals surface area contributed by atoms with Crippen molar-refractivity contribution in [3.05, 3.63) is 52.1 Å². The first-order valence-corrected chi connectivity index (χ1v) is 6.16. The molecule has 0 aliphatic rings. The van der Waals surface area contributed by atoms with E-state index < -0.39 is 0 Å². The Labute approximate surface area is 116 Å². The van der Waals surface area contributed by atoms with Crippen LogP contribution in [0.3, 0.4) is 0 Å². The van der Waals surface area contributed by atoms with Gasteiger partial charge in [0.1, 0.15) is 18.2 Å². The molecular formula is C13H12Cl2N2O. The highest BCUT2D eigenvalue weighted by Gasteiger charge is 2.03. The smallest absolute Gasteiger partial charge is 0.138 e. The van der Waals surface area contributed by atoms with E-state index in [0.717, 1.165) is 11.5 Å². The molecule has 0 saturated carbocycles. The molecule has 0 amide bonds. The minimum absolute atomic E-state index is 0.358. The summed E-state index contributed by atoms with van der Waals surface area (Å²) in [6.07, 6.45) is 0. The Bertz CT molecular complexity index is 546. The molecule has 0 saturated heterocycles. The van der Waals surface area contributed by atoms with Gasteiger partial charge in [-0.2, -0.15) is 0 Å². The summed E-state index contributed by atoms with van der Waals surface area (Å²) in [7, 11) is 1.82. The van der Waals surface area contributed by atoms with Crippen molar-refractivity contribution in [1.82, 2.24) is 4.98 Å². The lowest BCUT2D eigenvalue weighted by Gasteiger charge is -2.08. The number of pyridine rings is 1. The molecule has 0 spiro atoms. The van der Waals surface area contributed by atoms with Gasteiger partial charge in [-0.1, -0.05) is 29.3 Å². The fourth-order valence-electron chi connectivity index (χ4n) is 1.44. The van der Waals surface area contributed by atoms with Gasteiger partial charge in [0, 0.05) is 12.1 Å². The van der Waals surface area contributed by atoms with Crippen LogP contribution < -0.4 is 10.1 Å². The van der Waals surface area contributed by atoms with E-state index >= 15 is 0 Å². The Kier molecular flexibility index (Phi) is 4.28. The zero-order chi connectivity index (χ0) is 13.0. The predicted molar refractivity (Wildman–Crippen MR) is 74.6 cm³/mol. The third-order valence-electron chi connectivity index (χ3n) is 2.33. The summed E-state index contributed by atoms with van der Waals surface area (Å²) >= 11 is 11.8. The molecule has 2 rings (SSSR count). The van der Waals surface area contributed by atoms with Crippen LogP contribution in [0.15, 0.2) is 36.4 Å². The fourth-order valence-corrected chi connectivity index (χ4v) is 1.91. The first-order valence-electron chi connectivity index (χ1n) is 5.40. The Morgan fingerprint density at radius 1 is 1.22 bits per heavy atom. The number of rotatable bonds is 4. The van der Waals surface area contributed by atoms with Gasteiger partial charge in [0.25, 0.3) is 0 Å². The molecule has 3 nitrogen and oxygen atoms in total. The van der Waals surface area contributed by atoms with Crippen molar-refractivity contribution in [2.45, 2.75) is 6.61 Å². The lowest BCUT2D eigenvalue weighted by molar-refractivity contribution is 0.301. The molecule has 0 fully saturated rings. The van der Waals surface area contributed by atoms with Crippen LogP contribution in [-0.4, -0.2) is 12.0 Å². The standard InChI is InChI=1S/C13H12Cl2N2O/c1-16-13-4-2-3-10(17-13)8-18-12-6-5-9(14)7-11(12)15/h2-7H,8H2,1H3,(H,16,17). The van der Waals surface area contributed by atoms with Crippen LogP contribution in [0.1, 0.15) is 5.69 Å². The minimum Gasteiger partial charge on any atom is -0.486 e. The molecule has 0 atom stereocenters. The summed E-state index contributed by atoms with van der Waals surface area (Å²) in [4.78, 5) is 4.35. The zero-order valence-corrected chi connectivity index (χ0v) is 11.3. The van der Waals surface area contributed by atoms with E-state index in [1.807, 2.05) is 25.2 Å². The third kappa shape index (κ3) is 3.28. The van der Waals surface area contributed by atoms with Gasteiger partial charge >= 0.3 is 0 Å². The number of halogens is 2. The topological polar surface area (TPSA) is 34.1 Å². The molecule has 1 aromatic carbocycles. The van der Waals surface area contributed by atoms with Crippen molar-refractivity contribution in [2.75, 3.05) is 12.4 Å². The van der Waals surface area contributed by atoms with Crippen LogP contribution in [0.5, 0.6) is 5.75 Å². The molecule has 0 aliphatic carbocycles. The normalized spacial score (nSPS) is 10.2. The molecule has 0 radical (unpaired) electrons. The summed E-state index contributed by atoms with van der Waals surface area (Å²) in [6, 6.07) is 10.8. The van der Waals surface area contributed by atoms with E-state index in [9.17, 15) is 0 Å². The molecule has 2 aromatic rings. The predicted octanol–water partition coefficient (Wildman–Crippen LogP) is 4.01. The molecule has 1 heterocycles. The maximum atomic E-state index is 6.01. The highest BCUT2D eigenvalue weighted by atomic mass is 35.5.